The molecule has 2 atom stereocenters. The molecule has 0 saturated heterocycles. The van der Waals surface area contributed by atoms with E-state index in [9.17, 15) is 23.1 Å². The van der Waals surface area contributed by atoms with E-state index in [2.05, 4.69) is 25.6 Å². The summed E-state index contributed by atoms with van der Waals surface area (Å²) in [6.45, 7) is 13.3. The fraction of sp³-hybridized carbons (Fsp3) is 0.765. The molecule has 3 saturated carbocycles. The predicted octanol–water partition coefficient (Wildman–Crippen LogP) is 10.9. The van der Waals surface area contributed by atoms with Crippen molar-refractivity contribution in [3.05, 3.63) is 53.3 Å². The van der Waals surface area contributed by atoms with Crippen LogP contribution in [0.5, 0.6) is 0 Å². The van der Waals surface area contributed by atoms with E-state index in [1.165, 1.54) is 82.8 Å². The van der Waals surface area contributed by atoms with E-state index < -0.39 is 21.3 Å². The Morgan fingerprint density at radius 1 is 0.701 bits per heavy atom. The highest BCUT2D eigenvalue weighted by molar-refractivity contribution is 7.86. The Hall–Kier alpha value is -3.73. The number of hydrogen-bond acceptors (Lipinski definition) is 15. The zero-order chi connectivity index (χ0) is 48.5. The normalized spacial score (nSPS) is 19.8. The van der Waals surface area contributed by atoms with Gasteiger partial charge in [0, 0.05) is 17.9 Å². The second-order valence-electron chi connectivity index (χ2n) is 21.4. The van der Waals surface area contributed by atoms with Gasteiger partial charge in [-0.05, 0) is 111 Å². The predicted molar refractivity (Wildman–Crippen MR) is 254 cm³/mol. The topological polar surface area (TPSA) is 206 Å². The molecule has 2 aromatic heterocycles. The summed E-state index contributed by atoms with van der Waals surface area (Å²) in [6.07, 6.45) is 23.0. The first-order valence-electron chi connectivity index (χ1n) is 25.3. The monoisotopic (exact) mass is 956 g/mol. The number of aliphatic hydroxyl groups excluding tert-OH is 1. The molecule has 15 nitrogen and oxygen atoms in total. The summed E-state index contributed by atoms with van der Waals surface area (Å²) >= 11 is 0. The van der Waals surface area contributed by atoms with Gasteiger partial charge in [-0.2, -0.15) is 18.4 Å². The maximum atomic E-state index is 12.5. The number of nitrogens with zero attached hydrogens (tertiary/aromatic N) is 4. The number of aromatic nitrogens is 4. The van der Waals surface area contributed by atoms with Crippen molar-refractivity contribution in [2.45, 2.75) is 243 Å². The van der Waals surface area contributed by atoms with Crippen molar-refractivity contribution in [2.75, 3.05) is 0 Å². The van der Waals surface area contributed by atoms with Crippen molar-refractivity contribution in [3.8, 4) is 0 Å². The highest BCUT2D eigenvalue weighted by Gasteiger charge is 2.29. The lowest BCUT2D eigenvalue weighted by atomic mass is 9.84. The molecule has 2 N–H and O–H groups in total. The third kappa shape index (κ3) is 20.4. The molecule has 3 fully saturated rings. The highest BCUT2D eigenvalue weighted by atomic mass is 32.2. The van der Waals surface area contributed by atoms with Crippen LogP contribution in [0.15, 0.2) is 38.2 Å². The van der Waals surface area contributed by atoms with Crippen molar-refractivity contribution in [2.24, 2.45) is 11.8 Å². The Balaban J connectivity index is 0.000000252. The smallest absolute Gasteiger partial charge is 0.307 e. The van der Waals surface area contributed by atoms with E-state index in [4.69, 9.17) is 22.7 Å². The molecule has 0 amide bonds. The van der Waals surface area contributed by atoms with Crippen LogP contribution in [0.2, 0.25) is 0 Å². The third-order valence-corrected chi connectivity index (χ3v) is 14.3. The molecule has 16 heteroatoms. The first kappa shape index (κ1) is 54.2. The van der Waals surface area contributed by atoms with Gasteiger partial charge in [-0.25, -0.2) is 0 Å². The lowest BCUT2D eigenvalue weighted by Crippen LogP contribution is -2.34. The third-order valence-electron chi connectivity index (χ3n) is 13.0. The van der Waals surface area contributed by atoms with E-state index >= 15 is 0 Å². The molecule has 0 unspecified atom stereocenters. The Kier molecular flexibility index (Phi) is 21.3. The number of ether oxygens (including phenoxy) is 2. The van der Waals surface area contributed by atoms with E-state index in [0.717, 1.165) is 75.2 Å². The summed E-state index contributed by atoms with van der Waals surface area (Å²) in [5.41, 5.74) is -0.130. The van der Waals surface area contributed by atoms with Gasteiger partial charge in [-0.15, -0.1) is 0 Å². The van der Waals surface area contributed by atoms with Crippen LogP contribution < -0.4 is 5.32 Å². The van der Waals surface area contributed by atoms with Gasteiger partial charge in [0.15, 0.2) is 11.6 Å². The maximum Gasteiger partial charge on any atom is 0.307 e. The minimum Gasteiger partial charge on any atom is -0.460 e. The largest absolute Gasteiger partial charge is 0.460 e. The van der Waals surface area contributed by atoms with Crippen molar-refractivity contribution in [1.29, 1.82) is 0 Å². The van der Waals surface area contributed by atoms with Crippen molar-refractivity contribution >= 4 is 22.1 Å². The summed E-state index contributed by atoms with van der Waals surface area (Å²) in [5.74, 6) is 2.26. The number of rotatable bonds is 21. The van der Waals surface area contributed by atoms with E-state index in [1.54, 1.807) is 12.1 Å². The Labute approximate surface area is 400 Å². The van der Waals surface area contributed by atoms with Gasteiger partial charge in [-0.1, -0.05) is 118 Å². The number of benzene rings is 1. The fourth-order valence-electron chi connectivity index (χ4n) is 9.47. The van der Waals surface area contributed by atoms with Crippen LogP contribution in [0.25, 0.3) is 0 Å². The molecule has 3 aliphatic carbocycles. The Bertz CT molecular complexity index is 2020. The first-order chi connectivity index (χ1) is 31.8. The first-order valence-corrected chi connectivity index (χ1v) is 26.7. The van der Waals surface area contributed by atoms with Crippen LogP contribution in [0.4, 0.5) is 0 Å². The molecular formula is C51H81N5O10S. The summed E-state index contributed by atoms with van der Waals surface area (Å²) in [6, 6.07) is 6.79. The quantitative estimate of drug-likeness (QED) is 0.0752. The zero-order valence-corrected chi connectivity index (χ0v) is 42.4. The molecule has 0 spiro atoms. The van der Waals surface area contributed by atoms with Gasteiger partial charge in [0.1, 0.15) is 17.8 Å². The van der Waals surface area contributed by atoms with E-state index in [1.807, 2.05) is 48.5 Å². The van der Waals surface area contributed by atoms with E-state index in [-0.39, 0.29) is 60.0 Å². The molecule has 0 radical (unpaired) electrons. The second kappa shape index (κ2) is 26.3. The standard InChI is InChI=1S/C26H38N2O6S.C25H43N3O4/c1-19-13-15-22(16-14-19)35(30,31)32-18-23-27-25(34-28-23)21(17-24(29)33-26(2,3)4)12-8-11-20-9-6-5-7-10-20;1-25(2,3)31-23(30)16-19(11-7-10-18-8-5-4-6-9-18)24-27-22(28-32-24)17-26-20-12-14-21(29)15-13-20/h13-16,20-21H,5-12,17-18H2,1-4H3;18-21,26,29H,4-17H2,1-3H3/t21-;19-,20?,21?/m11/s1. The number of carbonyl (C=O) groups is 2. The molecule has 0 bridgehead atoms. The molecule has 3 aromatic rings. The summed E-state index contributed by atoms with van der Waals surface area (Å²) in [7, 11) is -3.95. The molecular weight excluding hydrogens is 875 g/mol. The van der Waals surface area contributed by atoms with Gasteiger partial charge in [0.05, 0.1) is 30.4 Å². The highest BCUT2D eigenvalue weighted by Crippen LogP contribution is 2.34. The minimum absolute atomic E-state index is 0.0670. The van der Waals surface area contributed by atoms with Gasteiger partial charge in [0.25, 0.3) is 10.1 Å². The summed E-state index contributed by atoms with van der Waals surface area (Å²) in [5, 5.41) is 21.2. The minimum atomic E-state index is -3.95. The fourth-order valence-corrected chi connectivity index (χ4v) is 10.3. The van der Waals surface area contributed by atoms with Gasteiger partial charge >= 0.3 is 11.9 Å². The second-order valence-corrected chi connectivity index (χ2v) is 23.0. The van der Waals surface area contributed by atoms with Gasteiger partial charge in [0.2, 0.25) is 11.8 Å². The molecule has 376 valence electrons. The lowest BCUT2D eigenvalue weighted by Gasteiger charge is -2.25. The molecule has 6 rings (SSSR count). The van der Waals surface area contributed by atoms with Crippen molar-refractivity contribution < 1.29 is 45.8 Å². The number of hydrogen-bond donors (Lipinski definition) is 2. The SMILES string of the molecule is CC(C)(C)OC(=O)C[C@@H](CCCC1CCCCC1)c1nc(CNC2CCC(O)CC2)no1.Cc1ccc(S(=O)(=O)OCc2noc([C@H](CCCC3CCCCC3)CC(=O)OC(C)(C)C)n2)cc1. The average molecular weight is 956 g/mol. The zero-order valence-electron chi connectivity index (χ0n) is 41.6. The average Bonchev–Trinajstić information content (AvgIpc) is 3.95. The number of aryl methyl sites for hydroxylation is 1. The number of nitrogens with one attached hydrogen (secondary N) is 1. The number of esters is 2. The maximum absolute atomic E-state index is 12.5. The lowest BCUT2D eigenvalue weighted by molar-refractivity contribution is -0.156. The van der Waals surface area contributed by atoms with Crippen LogP contribution >= 0.6 is 0 Å². The molecule has 3 aliphatic rings. The Morgan fingerprint density at radius 2 is 1.16 bits per heavy atom. The van der Waals surface area contributed by atoms with Crippen molar-refractivity contribution in [1.82, 2.24) is 25.6 Å². The van der Waals surface area contributed by atoms with Crippen molar-refractivity contribution in [3.63, 3.8) is 0 Å². The van der Waals surface area contributed by atoms with Crippen LogP contribution in [-0.4, -0.2) is 69.1 Å². The molecule has 1 aromatic carbocycles. The van der Waals surface area contributed by atoms with Crippen LogP contribution in [0.1, 0.15) is 224 Å². The van der Waals surface area contributed by atoms with Crippen LogP contribution in [0.3, 0.4) is 0 Å². The van der Waals surface area contributed by atoms with E-state index in [0.29, 0.717) is 30.2 Å². The molecule has 0 aliphatic heterocycles. The van der Waals surface area contributed by atoms with Crippen LogP contribution in [0, 0.1) is 18.8 Å². The van der Waals surface area contributed by atoms with Gasteiger partial charge in [-0.3, -0.25) is 13.8 Å². The number of aliphatic hydroxyl groups is 1. The molecule has 67 heavy (non-hydrogen) atoms. The number of carbonyl (C=O) groups excluding carboxylic acids is 2. The van der Waals surface area contributed by atoms with Gasteiger partial charge < -0.3 is 28.9 Å². The molecule has 2 heterocycles. The summed E-state index contributed by atoms with van der Waals surface area (Å²) in [4.78, 5) is 34.1. The summed E-state index contributed by atoms with van der Waals surface area (Å²) < 4.78 is 52.2. The Morgan fingerprint density at radius 3 is 1.64 bits per heavy atom. The van der Waals surface area contributed by atoms with Crippen LogP contribution in [-0.2, 0) is 46.5 Å².